The number of aromatic nitrogens is 1. The van der Waals surface area contributed by atoms with Gasteiger partial charge in [-0.15, -0.1) is 0 Å². The first-order valence-corrected chi connectivity index (χ1v) is 6.80. The SMILES string of the molecule is CC(C)(C)OC(=O)n1c(S(=O)[O-])cc2ccccc21.[Na+]. The minimum atomic E-state index is -2.51. The van der Waals surface area contributed by atoms with E-state index in [1.165, 1.54) is 6.07 Å². The Labute approximate surface area is 141 Å². The van der Waals surface area contributed by atoms with E-state index in [1.807, 2.05) is 0 Å². The Hall–Kier alpha value is -0.660. The van der Waals surface area contributed by atoms with E-state index in [0.29, 0.717) is 10.9 Å². The number of fused-ring (bicyclic) bond motifs is 1. The van der Waals surface area contributed by atoms with Crippen LogP contribution in [0.5, 0.6) is 0 Å². The minimum Gasteiger partial charge on any atom is -0.767 e. The molecular weight excluding hydrogens is 289 g/mol. The van der Waals surface area contributed by atoms with Crippen molar-refractivity contribution in [2.75, 3.05) is 0 Å². The van der Waals surface area contributed by atoms with Gasteiger partial charge in [-0.1, -0.05) is 18.2 Å². The summed E-state index contributed by atoms with van der Waals surface area (Å²) in [6.07, 6.45) is -0.701. The first-order chi connectivity index (χ1) is 8.79. The molecule has 2 rings (SSSR count). The van der Waals surface area contributed by atoms with Crippen LogP contribution in [0.4, 0.5) is 4.79 Å². The van der Waals surface area contributed by atoms with Crippen LogP contribution in [0.15, 0.2) is 35.4 Å². The molecule has 0 bridgehead atoms. The first kappa shape index (κ1) is 17.4. The predicted octanol–water partition coefficient (Wildman–Crippen LogP) is -0.333. The van der Waals surface area contributed by atoms with Gasteiger partial charge in [0.15, 0.2) is 0 Å². The van der Waals surface area contributed by atoms with Gasteiger partial charge in [-0.2, -0.15) is 0 Å². The van der Waals surface area contributed by atoms with Crippen LogP contribution in [0.3, 0.4) is 0 Å². The molecule has 20 heavy (non-hydrogen) atoms. The normalized spacial score (nSPS) is 12.8. The van der Waals surface area contributed by atoms with Crippen LogP contribution in [0, 0.1) is 0 Å². The van der Waals surface area contributed by atoms with E-state index in [2.05, 4.69) is 0 Å². The number of benzene rings is 1. The summed E-state index contributed by atoms with van der Waals surface area (Å²) in [4.78, 5) is 12.1. The average Bonchev–Trinajstić information content (AvgIpc) is 2.65. The van der Waals surface area contributed by atoms with Gasteiger partial charge in [0.05, 0.1) is 5.52 Å². The molecule has 2 aromatic rings. The maximum absolute atomic E-state index is 12.1. The fraction of sp³-hybridized carbons (Fsp3) is 0.308. The van der Waals surface area contributed by atoms with E-state index in [1.54, 1.807) is 45.0 Å². The van der Waals surface area contributed by atoms with Crippen molar-refractivity contribution in [3.8, 4) is 0 Å². The summed E-state index contributed by atoms with van der Waals surface area (Å²) in [6, 6.07) is 8.38. The smallest absolute Gasteiger partial charge is 0.767 e. The Morgan fingerprint density at radius 2 is 1.90 bits per heavy atom. The van der Waals surface area contributed by atoms with E-state index in [4.69, 9.17) is 4.74 Å². The molecular formula is C13H14NNaO4S. The van der Waals surface area contributed by atoms with Gasteiger partial charge in [-0.25, -0.2) is 9.36 Å². The Balaban J connectivity index is 0.00000200. The third-order valence-corrected chi connectivity index (χ3v) is 3.07. The predicted molar refractivity (Wildman–Crippen MR) is 70.8 cm³/mol. The van der Waals surface area contributed by atoms with Crippen LogP contribution in [-0.4, -0.2) is 25.0 Å². The van der Waals surface area contributed by atoms with Crippen molar-refractivity contribution in [3.63, 3.8) is 0 Å². The summed E-state index contributed by atoms with van der Waals surface area (Å²) >= 11 is -2.51. The summed E-state index contributed by atoms with van der Waals surface area (Å²) in [7, 11) is 0. The molecule has 0 saturated heterocycles. The van der Waals surface area contributed by atoms with Crippen LogP contribution >= 0.6 is 0 Å². The number of rotatable bonds is 1. The Bertz CT molecular complexity index is 660. The minimum absolute atomic E-state index is 0. The number of nitrogens with zero attached hydrogens (tertiary/aromatic N) is 1. The molecule has 0 aliphatic heterocycles. The van der Waals surface area contributed by atoms with Crippen molar-refractivity contribution < 1.29 is 47.9 Å². The van der Waals surface area contributed by atoms with Gasteiger partial charge in [-0.3, -0.25) is 4.21 Å². The molecule has 0 aliphatic carbocycles. The van der Waals surface area contributed by atoms with Crippen LogP contribution in [0.1, 0.15) is 20.8 Å². The Kier molecular flexibility index (Phi) is 5.57. The van der Waals surface area contributed by atoms with E-state index in [9.17, 15) is 13.6 Å². The molecule has 7 heteroatoms. The van der Waals surface area contributed by atoms with Gasteiger partial charge < -0.3 is 9.29 Å². The molecule has 0 fully saturated rings. The fourth-order valence-electron chi connectivity index (χ4n) is 1.75. The largest absolute Gasteiger partial charge is 1.00 e. The van der Waals surface area contributed by atoms with Gasteiger partial charge in [0.1, 0.15) is 10.6 Å². The molecule has 1 aromatic heterocycles. The average molecular weight is 303 g/mol. The standard InChI is InChI=1S/C13H15NO4S.Na/c1-13(2,3)18-12(15)14-10-7-5-4-6-9(10)8-11(14)19(16)17;/h4-8H,1-3H3,(H,16,17);/q;+1/p-1. The second kappa shape index (κ2) is 6.41. The molecule has 0 N–H and O–H groups in total. The third kappa shape index (κ3) is 3.71. The summed E-state index contributed by atoms with van der Waals surface area (Å²) in [6.45, 7) is 5.18. The summed E-state index contributed by atoms with van der Waals surface area (Å²) < 4.78 is 28.8. The molecule has 0 aliphatic rings. The van der Waals surface area contributed by atoms with Crippen molar-refractivity contribution in [2.24, 2.45) is 0 Å². The second-order valence-corrected chi connectivity index (χ2v) is 5.98. The van der Waals surface area contributed by atoms with Gasteiger partial charge in [-0.05, 0) is 44.0 Å². The van der Waals surface area contributed by atoms with Crippen molar-refractivity contribution in [2.45, 2.75) is 31.4 Å². The zero-order valence-electron chi connectivity index (χ0n) is 11.9. The molecule has 0 radical (unpaired) electrons. The van der Waals surface area contributed by atoms with Crippen molar-refractivity contribution in [3.05, 3.63) is 30.3 Å². The zero-order valence-corrected chi connectivity index (χ0v) is 14.7. The Morgan fingerprint density at radius 1 is 1.30 bits per heavy atom. The van der Waals surface area contributed by atoms with E-state index in [-0.39, 0.29) is 34.6 Å². The summed E-state index contributed by atoms with van der Waals surface area (Å²) in [5.41, 5.74) is -0.180. The second-order valence-electron chi connectivity index (χ2n) is 5.09. The number of carbonyl (C=O) groups is 1. The molecule has 1 atom stereocenters. The third-order valence-electron chi connectivity index (χ3n) is 2.42. The molecule has 1 heterocycles. The molecule has 5 nitrogen and oxygen atoms in total. The number of hydrogen-bond donors (Lipinski definition) is 0. The van der Waals surface area contributed by atoms with Gasteiger partial charge >= 0.3 is 35.7 Å². The number of ether oxygens (including phenoxy) is 1. The quantitative estimate of drug-likeness (QED) is 0.534. The van der Waals surface area contributed by atoms with Gasteiger partial charge in [0.2, 0.25) is 0 Å². The van der Waals surface area contributed by atoms with Crippen molar-refractivity contribution in [1.29, 1.82) is 0 Å². The Morgan fingerprint density at radius 3 is 2.45 bits per heavy atom. The molecule has 0 spiro atoms. The summed E-state index contributed by atoms with van der Waals surface area (Å²) in [5.74, 6) is 0. The topological polar surface area (TPSA) is 71.4 Å². The van der Waals surface area contributed by atoms with Crippen LogP contribution in [0.2, 0.25) is 0 Å². The monoisotopic (exact) mass is 303 g/mol. The van der Waals surface area contributed by atoms with Crippen molar-refractivity contribution in [1.82, 2.24) is 4.57 Å². The zero-order chi connectivity index (χ0) is 14.2. The first-order valence-electron chi connectivity index (χ1n) is 5.73. The number of hydrogen-bond acceptors (Lipinski definition) is 4. The fourth-order valence-corrected chi connectivity index (χ4v) is 2.29. The number of para-hydroxylation sites is 1. The van der Waals surface area contributed by atoms with Crippen LogP contribution in [0.25, 0.3) is 10.9 Å². The maximum Gasteiger partial charge on any atom is 1.00 e. The molecule has 102 valence electrons. The van der Waals surface area contributed by atoms with E-state index in [0.717, 1.165) is 4.57 Å². The number of carbonyl (C=O) groups excluding carboxylic acids is 1. The van der Waals surface area contributed by atoms with Crippen LogP contribution in [-0.2, 0) is 15.8 Å². The van der Waals surface area contributed by atoms with Crippen molar-refractivity contribution >= 4 is 28.1 Å². The maximum atomic E-state index is 12.1. The van der Waals surface area contributed by atoms with E-state index >= 15 is 0 Å². The molecule has 1 unspecified atom stereocenters. The molecule has 0 amide bonds. The van der Waals surface area contributed by atoms with Gasteiger partial charge in [0.25, 0.3) is 0 Å². The molecule has 1 aromatic carbocycles. The summed E-state index contributed by atoms with van der Waals surface area (Å²) in [5, 5.41) is 0.572. The molecule has 0 saturated carbocycles. The van der Waals surface area contributed by atoms with Crippen LogP contribution < -0.4 is 29.6 Å². The van der Waals surface area contributed by atoms with E-state index < -0.39 is 22.8 Å². The van der Waals surface area contributed by atoms with Gasteiger partial charge in [0, 0.05) is 5.39 Å².